The Morgan fingerprint density at radius 1 is 0.882 bits per heavy atom. The molecule has 0 amide bonds. The van der Waals surface area contributed by atoms with Crippen LogP contribution in [0.1, 0.15) is 48.4 Å². The first-order valence-corrected chi connectivity index (χ1v) is 5.74. The molecule has 2 rings (SSSR count). The van der Waals surface area contributed by atoms with Gasteiger partial charge in [-0.3, -0.25) is 9.59 Å². The molecule has 1 aromatic rings. The van der Waals surface area contributed by atoms with Gasteiger partial charge < -0.3 is 0 Å². The second kappa shape index (κ2) is 3.66. The molecular formula is C15H16O2. The maximum atomic E-state index is 12.4. The summed E-state index contributed by atoms with van der Waals surface area (Å²) in [6.45, 7) is 7.64. The quantitative estimate of drug-likeness (QED) is 0.681. The number of hydrogen-bond acceptors (Lipinski definition) is 2. The number of Topliss-reactive ketones (excluding diaryl/α,β-unsaturated/α-hetero) is 2. The number of carbonyl (C=O) groups excluding carboxylic acids is 2. The fourth-order valence-electron chi connectivity index (χ4n) is 2.40. The minimum Gasteiger partial charge on any atom is -0.289 e. The molecule has 0 radical (unpaired) electrons. The second-order valence-electron chi connectivity index (χ2n) is 5.45. The maximum absolute atomic E-state index is 12.4. The number of allylic oxidation sites excluding steroid dienone is 2. The van der Waals surface area contributed by atoms with E-state index in [0.29, 0.717) is 22.3 Å². The summed E-state index contributed by atoms with van der Waals surface area (Å²) < 4.78 is 0. The van der Waals surface area contributed by atoms with E-state index in [2.05, 4.69) is 0 Å². The monoisotopic (exact) mass is 228 g/mol. The summed E-state index contributed by atoms with van der Waals surface area (Å²) in [5.41, 5.74) is 1.99. The Labute approximate surface area is 101 Å². The van der Waals surface area contributed by atoms with Gasteiger partial charge in [0.05, 0.1) is 0 Å². The Hall–Kier alpha value is -1.70. The van der Waals surface area contributed by atoms with E-state index >= 15 is 0 Å². The van der Waals surface area contributed by atoms with Crippen LogP contribution < -0.4 is 0 Å². The van der Waals surface area contributed by atoms with Crippen LogP contribution in [0.15, 0.2) is 35.4 Å². The number of ketones is 2. The summed E-state index contributed by atoms with van der Waals surface area (Å²) in [6.07, 6.45) is 0. The molecule has 88 valence electrons. The zero-order valence-electron chi connectivity index (χ0n) is 10.6. The zero-order valence-corrected chi connectivity index (χ0v) is 10.6. The van der Waals surface area contributed by atoms with Crippen molar-refractivity contribution >= 4 is 11.6 Å². The van der Waals surface area contributed by atoms with Gasteiger partial charge in [0.2, 0.25) is 0 Å². The van der Waals surface area contributed by atoms with Gasteiger partial charge in [-0.2, -0.15) is 0 Å². The van der Waals surface area contributed by atoms with Gasteiger partial charge in [0.15, 0.2) is 11.6 Å². The fourth-order valence-corrected chi connectivity index (χ4v) is 2.40. The number of hydrogen-bond donors (Lipinski definition) is 0. The van der Waals surface area contributed by atoms with E-state index in [4.69, 9.17) is 0 Å². The van der Waals surface area contributed by atoms with Crippen LogP contribution in [0.25, 0.3) is 0 Å². The largest absolute Gasteiger partial charge is 0.289 e. The molecule has 2 heteroatoms. The van der Waals surface area contributed by atoms with E-state index in [1.165, 1.54) is 0 Å². The molecule has 0 atom stereocenters. The summed E-state index contributed by atoms with van der Waals surface area (Å²) >= 11 is 0. The molecule has 1 aliphatic carbocycles. The predicted octanol–water partition coefficient (Wildman–Crippen LogP) is 3.43. The molecule has 0 saturated heterocycles. The number of carbonyl (C=O) groups is 2. The van der Waals surface area contributed by atoms with Gasteiger partial charge >= 0.3 is 0 Å². The van der Waals surface area contributed by atoms with Gasteiger partial charge in [-0.15, -0.1) is 0 Å². The van der Waals surface area contributed by atoms with Crippen molar-refractivity contribution in [2.45, 2.75) is 27.7 Å². The van der Waals surface area contributed by atoms with Crippen molar-refractivity contribution in [3.63, 3.8) is 0 Å². The average molecular weight is 228 g/mol. The average Bonchev–Trinajstić information content (AvgIpc) is 2.24. The Bertz CT molecular complexity index is 542. The molecule has 0 bridgehead atoms. The molecule has 1 aliphatic rings. The summed E-state index contributed by atoms with van der Waals surface area (Å²) in [7, 11) is 0. The van der Waals surface area contributed by atoms with E-state index in [-0.39, 0.29) is 17.0 Å². The number of benzene rings is 1. The van der Waals surface area contributed by atoms with Crippen molar-refractivity contribution < 1.29 is 9.59 Å². The van der Waals surface area contributed by atoms with Crippen LogP contribution in [0.2, 0.25) is 0 Å². The highest BCUT2D eigenvalue weighted by atomic mass is 16.1. The zero-order chi connectivity index (χ0) is 12.8. The minimum atomic E-state index is -0.301. The molecule has 0 fully saturated rings. The lowest BCUT2D eigenvalue weighted by Gasteiger charge is -2.28. The Kier molecular flexibility index (Phi) is 2.53. The molecule has 0 aliphatic heterocycles. The fraction of sp³-hybridized carbons (Fsp3) is 0.333. The highest BCUT2D eigenvalue weighted by Gasteiger charge is 2.35. The lowest BCUT2D eigenvalue weighted by Crippen LogP contribution is -2.28. The third kappa shape index (κ3) is 1.74. The lowest BCUT2D eigenvalue weighted by atomic mass is 9.73. The maximum Gasteiger partial charge on any atom is 0.190 e. The lowest BCUT2D eigenvalue weighted by molar-refractivity contribution is 0.0957. The first kappa shape index (κ1) is 11.8. The molecule has 0 heterocycles. The van der Waals surface area contributed by atoms with Crippen molar-refractivity contribution in [1.82, 2.24) is 0 Å². The normalized spacial score (nSPS) is 16.2. The van der Waals surface area contributed by atoms with E-state index in [0.717, 1.165) is 0 Å². The van der Waals surface area contributed by atoms with E-state index in [1.54, 1.807) is 31.2 Å². The van der Waals surface area contributed by atoms with Crippen LogP contribution in [-0.4, -0.2) is 11.6 Å². The smallest absolute Gasteiger partial charge is 0.190 e. The predicted molar refractivity (Wildman–Crippen MR) is 67.3 cm³/mol. The standard InChI is InChI=1S/C15H16O2/c1-9-12(15(2,3)4)14(17)11-8-6-5-7-10(11)13(9)16/h5-8H,1-4H3. The molecule has 2 nitrogen and oxygen atoms in total. The highest BCUT2D eigenvalue weighted by molar-refractivity contribution is 6.27. The van der Waals surface area contributed by atoms with Crippen molar-refractivity contribution in [3.05, 3.63) is 46.5 Å². The van der Waals surface area contributed by atoms with E-state index < -0.39 is 0 Å². The summed E-state index contributed by atoms with van der Waals surface area (Å²) in [5, 5.41) is 0. The van der Waals surface area contributed by atoms with Crippen molar-refractivity contribution in [3.8, 4) is 0 Å². The van der Waals surface area contributed by atoms with Gasteiger partial charge in [-0.1, -0.05) is 45.0 Å². The Balaban J connectivity index is 2.71. The minimum absolute atomic E-state index is 0.00907. The van der Waals surface area contributed by atoms with Gasteiger partial charge in [0.1, 0.15) is 0 Å². The van der Waals surface area contributed by atoms with Crippen LogP contribution in [0.4, 0.5) is 0 Å². The van der Waals surface area contributed by atoms with Gasteiger partial charge in [-0.05, 0) is 12.3 Å². The number of rotatable bonds is 0. The Morgan fingerprint density at radius 2 is 1.35 bits per heavy atom. The van der Waals surface area contributed by atoms with Gasteiger partial charge in [-0.25, -0.2) is 0 Å². The molecule has 0 saturated carbocycles. The Morgan fingerprint density at radius 3 is 1.82 bits per heavy atom. The summed E-state index contributed by atoms with van der Waals surface area (Å²) in [6, 6.07) is 7.04. The summed E-state index contributed by atoms with van der Waals surface area (Å²) in [5.74, 6) is -0.0321. The van der Waals surface area contributed by atoms with Crippen molar-refractivity contribution in [1.29, 1.82) is 0 Å². The molecule has 17 heavy (non-hydrogen) atoms. The third-order valence-electron chi connectivity index (χ3n) is 3.11. The molecule has 0 unspecified atom stereocenters. The van der Waals surface area contributed by atoms with Crippen LogP contribution >= 0.6 is 0 Å². The van der Waals surface area contributed by atoms with E-state index in [9.17, 15) is 9.59 Å². The first-order valence-electron chi connectivity index (χ1n) is 5.74. The van der Waals surface area contributed by atoms with E-state index in [1.807, 2.05) is 20.8 Å². The molecule has 0 spiro atoms. The van der Waals surface area contributed by atoms with Crippen molar-refractivity contribution in [2.24, 2.45) is 5.41 Å². The molecular weight excluding hydrogens is 212 g/mol. The van der Waals surface area contributed by atoms with Crippen LogP contribution in [-0.2, 0) is 0 Å². The topological polar surface area (TPSA) is 34.1 Å². The molecule has 0 aromatic heterocycles. The number of fused-ring (bicyclic) bond motifs is 1. The van der Waals surface area contributed by atoms with Crippen LogP contribution in [0.3, 0.4) is 0 Å². The van der Waals surface area contributed by atoms with Crippen LogP contribution in [0, 0.1) is 5.41 Å². The van der Waals surface area contributed by atoms with Crippen LogP contribution in [0.5, 0.6) is 0 Å². The third-order valence-corrected chi connectivity index (χ3v) is 3.11. The van der Waals surface area contributed by atoms with Crippen molar-refractivity contribution in [2.75, 3.05) is 0 Å². The SMILES string of the molecule is CC1=C(C(C)(C)C)C(=O)c2ccccc2C1=O. The second-order valence-corrected chi connectivity index (χ2v) is 5.45. The highest BCUT2D eigenvalue weighted by Crippen LogP contribution is 2.36. The molecule has 0 N–H and O–H groups in total. The van der Waals surface area contributed by atoms with Gasteiger partial charge in [0, 0.05) is 22.3 Å². The molecule has 1 aromatic carbocycles. The van der Waals surface area contributed by atoms with Gasteiger partial charge in [0.25, 0.3) is 0 Å². The summed E-state index contributed by atoms with van der Waals surface area (Å²) in [4.78, 5) is 24.6. The first-order chi connectivity index (χ1) is 7.84.